The number of ether oxygens (including phenoxy) is 2. The van der Waals surface area contributed by atoms with Crippen LogP contribution in [0.25, 0.3) is 0 Å². The van der Waals surface area contributed by atoms with Crippen LogP contribution < -0.4 is 15.5 Å². The Bertz CT molecular complexity index is 1060. The van der Waals surface area contributed by atoms with Gasteiger partial charge < -0.3 is 19.2 Å². The molecule has 0 unspecified atom stereocenters. The number of aryl methyl sites for hydroxylation is 1. The summed E-state index contributed by atoms with van der Waals surface area (Å²) in [7, 11) is 1.52. The second-order valence-corrected chi connectivity index (χ2v) is 8.47. The van der Waals surface area contributed by atoms with Gasteiger partial charge in [-0.25, -0.2) is 5.43 Å². The average molecular weight is 469 g/mol. The summed E-state index contributed by atoms with van der Waals surface area (Å²) in [5.74, 6) is 0.980. The number of nitrogens with zero attached hydrogens (tertiary/aromatic N) is 2. The third-order valence-electron chi connectivity index (χ3n) is 6.22. The van der Waals surface area contributed by atoms with E-state index in [1.807, 2.05) is 6.92 Å². The Balaban J connectivity index is 1.40. The number of carbonyl (C=O) groups is 2. The Morgan fingerprint density at radius 1 is 1.15 bits per heavy atom. The molecule has 182 valence electrons. The number of nitrogens with one attached hydrogen (secondary N) is 2. The largest absolute Gasteiger partial charge is 0.496 e. The van der Waals surface area contributed by atoms with Crippen LogP contribution in [-0.4, -0.2) is 68.9 Å². The van der Waals surface area contributed by atoms with Crippen LogP contribution in [0.1, 0.15) is 57.1 Å². The molecule has 0 bridgehead atoms. The van der Waals surface area contributed by atoms with Gasteiger partial charge in [0.15, 0.2) is 5.76 Å². The predicted octanol–water partition coefficient (Wildman–Crippen LogP) is 2.52. The van der Waals surface area contributed by atoms with Crippen molar-refractivity contribution in [3.8, 4) is 5.75 Å². The lowest BCUT2D eigenvalue weighted by atomic mass is 9.93. The van der Waals surface area contributed by atoms with E-state index >= 15 is 0 Å². The molecule has 2 aliphatic rings. The SMILES string of the molecule is COc1ccccc1C(=O)N/N=C1\CCCc2oc(C(=O)NCCCN3CCOCC3)c(C)c21. The van der Waals surface area contributed by atoms with E-state index in [0.29, 0.717) is 30.0 Å². The molecule has 2 heterocycles. The second kappa shape index (κ2) is 11.3. The first-order valence-corrected chi connectivity index (χ1v) is 11.8. The fourth-order valence-electron chi connectivity index (χ4n) is 4.42. The van der Waals surface area contributed by atoms with Crippen molar-refractivity contribution in [2.75, 3.05) is 46.5 Å². The molecule has 2 amide bonds. The highest BCUT2D eigenvalue weighted by Gasteiger charge is 2.28. The zero-order valence-corrected chi connectivity index (χ0v) is 19.8. The van der Waals surface area contributed by atoms with Crippen LogP contribution >= 0.6 is 0 Å². The number of furan rings is 1. The Morgan fingerprint density at radius 3 is 2.74 bits per heavy atom. The van der Waals surface area contributed by atoms with Crippen LogP contribution in [0.5, 0.6) is 5.75 Å². The molecular weight excluding hydrogens is 436 g/mol. The number of methoxy groups -OCH3 is 1. The monoisotopic (exact) mass is 468 g/mol. The van der Waals surface area contributed by atoms with Gasteiger partial charge in [-0.2, -0.15) is 5.10 Å². The van der Waals surface area contributed by atoms with E-state index in [-0.39, 0.29) is 11.8 Å². The molecule has 2 N–H and O–H groups in total. The Labute approximate surface area is 199 Å². The van der Waals surface area contributed by atoms with Crippen molar-refractivity contribution in [3.63, 3.8) is 0 Å². The average Bonchev–Trinajstić information content (AvgIpc) is 3.22. The summed E-state index contributed by atoms with van der Waals surface area (Å²) in [5, 5.41) is 7.36. The molecule has 1 aromatic carbocycles. The summed E-state index contributed by atoms with van der Waals surface area (Å²) in [6.45, 7) is 6.80. The van der Waals surface area contributed by atoms with E-state index in [4.69, 9.17) is 13.9 Å². The highest BCUT2D eigenvalue weighted by Crippen LogP contribution is 2.30. The minimum absolute atomic E-state index is 0.216. The summed E-state index contributed by atoms with van der Waals surface area (Å²) in [5.41, 5.74) is 5.34. The Kier molecular flexibility index (Phi) is 7.97. The number of morpholine rings is 1. The third-order valence-corrected chi connectivity index (χ3v) is 6.22. The quantitative estimate of drug-likeness (QED) is 0.456. The number of hydrogen-bond acceptors (Lipinski definition) is 7. The fraction of sp³-hybridized carbons (Fsp3) is 0.480. The molecule has 1 saturated heterocycles. The molecule has 9 nitrogen and oxygen atoms in total. The smallest absolute Gasteiger partial charge is 0.287 e. The molecule has 34 heavy (non-hydrogen) atoms. The Hall–Kier alpha value is -3.17. The molecule has 2 aromatic rings. The van der Waals surface area contributed by atoms with E-state index in [9.17, 15) is 9.59 Å². The molecule has 1 fully saturated rings. The van der Waals surface area contributed by atoms with Gasteiger partial charge in [-0.05, 0) is 44.9 Å². The van der Waals surface area contributed by atoms with Crippen LogP contribution in [-0.2, 0) is 11.2 Å². The highest BCUT2D eigenvalue weighted by molar-refractivity contribution is 6.07. The molecule has 1 aliphatic carbocycles. The van der Waals surface area contributed by atoms with E-state index in [2.05, 4.69) is 20.7 Å². The first-order chi connectivity index (χ1) is 16.6. The van der Waals surface area contributed by atoms with E-state index in [1.165, 1.54) is 7.11 Å². The van der Waals surface area contributed by atoms with E-state index in [0.717, 1.165) is 74.7 Å². The normalized spacial score (nSPS) is 17.3. The molecule has 0 spiro atoms. The highest BCUT2D eigenvalue weighted by atomic mass is 16.5. The van der Waals surface area contributed by atoms with Crippen LogP contribution in [0.15, 0.2) is 33.8 Å². The molecule has 4 rings (SSSR count). The number of hydrazone groups is 1. The van der Waals surface area contributed by atoms with Crippen LogP contribution in [0.4, 0.5) is 0 Å². The van der Waals surface area contributed by atoms with Crippen LogP contribution in [0.2, 0.25) is 0 Å². The summed E-state index contributed by atoms with van der Waals surface area (Å²) in [6.07, 6.45) is 3.14. The van der Waals surface area contributed by atoms with E-state index < -0.39 is 0 Å². The van der Waals surface area contributed by atoms with Crippen molar-refractivity contribution >= 4 is 17.5 Å². The zero-order chi connectivity index (χ0) is 23.9. The minimum Gasteiger partial charge on any atom is -0.496 e. The van der Waals surface area contributed by atoms with Gasteiger partial charge in [0.1, 0.15) is 11.5 Å². The van der Waals surface area contributed by atoms with Gasteiger partial charge in [-0.15, -0.1) is 0 Å². The molecule has 0 saturated carbocycles. The lowest BCUT2D eigenvalue weighted by Gasteiger charge is -2.26. The third kappa shape index (κ3) is 5.48. The van der Waals surface area contributed by atoms with E-state index in [1.54, 1.807) is 24.3 Å². The van der Waals surface area contributed by atoms with Gasteiger partial charge in [0.2, 0.25) is 0 Å². The number of rotatable bonds is 8. The molecule has 0 radical (unpaired) electrons. The lowest BCUT2D eigenvalue weighted by molar-refractivity contribution is 0.0374. The number of hydrogen-bond donors (Lipinski definition) is 2. The summed E-state index contributed by atoms with van der Waals surface area (Å²) in [4.78, 5) is 27.8. The topological polar surface area (TPSA) is 105 Å². The van der Waals surface area contributed by atoms with Crippen LogP contribution in [0, 0.1) is 6.92 Å². The van der Waals surface area contributed by atoms with Crippen molar-refractivity contribution in [1.29, 1.82) is 0 Å². The number of carbonyl (C=O) groups excluding carboxylic acids is 2. The van der Waals surface area contributed by atoms with Crippen molar-refractivity contribution < 1.29 is 23.5 Å². The first kappa shape index (κ1) is 24.0. The molecule has 1 aliphatic heterocycles. The van der Waals surface area contributed by atoms with Crippen molar-refractivity contribution in [2.24, 2.45) is 5.10 Å². The van der Waals surface area contributed by atoms with Gasteiger partial charge in [0.25, 0.3) is 11.8 Å². The number of para-hydroxylation sites is 1. The standard InChI is InChI=1S/C25H32N4O5/c1-17-22-19(27-28-24(30)18-7-3-4-9-20(18)32-2)8-5-10-21(22)34-23(17)25(31)26-11-6-12-29-13-15-33-16-14-29/h3-4,7,9H,5-6,8,10-16H2,1-2H3,(H,26,31)(H,28,30)/b27-19+. The molecule has 9 heteroatoms. The second-order valence-electron chi connectivity index (χ2n) is 8.47. The summed E-state index contributed by atoms with van der Waals surface area (Å²) in [6, 6.07) is 6.99. The first-order valence-electron chi connectivity index (χ1n) is 11.8. The molecule has 1 aromatic heterocycles. The molecular formula is C25H32N4O5. The van der Waals surface area contributed by atoms with Crippen molar-refractivity contribution in [1.82, 2.24) is 15.6 Å². The predicted molar refractivity (Wildman–Crippen MR) is 128 cm³/mol. The zero-order valence-electron chi connectivity index (χ0n) is 19.8. The number of fused-ring (bicyclic) bond motifs is 1. The van der Waals surface area contributed by atoms with Gasteiger partial charge in [0, 0.05) is 37.2 Å². The lowest BCUT2D eigenvalue weighted by Crippen LogP contribution is -2.38. The van der Waals surface area contributed by atoms with Gasteiger partial charge in [-0.3, -0.25) is 14.5 Å². The Morgan fingerprint density at radius 2 is 1.94 bits per heavy atom. The maximum Gasteiger partial charge on any atom is 0.287 e. The number of benzene rings is 1. The summed E-state index contributed by atoms with van der Waals surface area (Å²) < 4.78 is 16.6. The maximum absolute atomic E-state index is 12.8. The van der Waals surface area contributed by atoms with Crippen molar-refractivity contribution in [2.45, 2.75) is 32.6 Å². The van der Waals surface area contributed by atoms with Gasteiger partial charge >= 0.3 is 0 Å². The number of amides is 2. The fourth-order valence-corrected chi connectivity index (χ4v) is 4.42. The summed E-state index contributed by atoms with van der Waals surface area (Å²) >= 11 is 0. The maximum atomic E-state index is 12.8. The minimum atomic E-state index is -0.351. The van der Waals surface area contributed by atoms with Gasteiger partial charge in [0.05, 0.1) is 31.6 Å². The molecule has 0 atom stereocenters. The van der Waals surface area contributed by atoms with Crippen LogP contribution in [0.3, 0.4) is 0 Å². The van der Waals surface area contributed by atoms with Gasteiger partial charge in [-0.1, -0.05) is 12.1 Å². The van der Waals surface area contributed by atoms with Crippen molar-refractivity contribution in [3.05, 3.63) is 52.5 Å².